The molecule has 2 aromatic carbocycles. The molecule has 2 N–H and O–H groups in total. The summed E-state index contributed by atoms with van der Waals surface area (Å²) in [6.45, 7) is 0.840. The summed E-state index contributed by atoms with van der Waals surface area (Å²) < 4.78 is 0. The van der Waals surface area contributed by atoms with E-state index in [1.165, 1.54) is 22.8 Å². The average Bonchev–Trinajstić information content (AvgIpc) is 2.49. The first-order valence-corrected chi connectivity index (χ1v) is 7.58. The molecule has 106 valence electrons. The maximum atomic E-state index is 10.6. The van der Waals surface area contributed by atoms with Crippen molar-refractivity contribution in [2.45, 2.75) is 37.2 Å². The second-order valence-electron chi connectivity index (χ2n) is 6.01. The summed E-state index contributed by atoms with van der Waals surface area (Å²) >= 11 is 0. The van der Waals surface area contributed by atoms with E-state index >= 15 is 0 Å². The molecule has 0 aromatic heterocycles. The summed E-state index contributed by atoms with van der Waals surface area (Å²) in [6, 6.07) is 15.1. The zero-order valence-electron chi connectivity index (χ0n) is 12.1. The van der Waals surface area contributed by atoms with E-state index in [1.807, 2.05) is 7.05 Å². The SMILES string of the molecule is CNC[C@]1(c2ccc3ccccc3c2)CCCC[C@@H]1O. The van der Waals surface area contributed by atoms with E-state index in [4.69, 9.17) is 0 Å². The van der Waals surface area contributed by atoms with Gasteiger partial charge in [-0.3, -0.25) is 0 Å². The van der Waals surface area contributed by atoms with Gasteiger partial charge in [0, 0.05) is 12.0 Å². The Hall–Kier alpha value is -1.38. The lowest BCUT2D eigenvalue weighted by molar-refractivity contribution is 0.0425. The zero-order valence-corrected chi connectivity index (χ0v) is 12.1. The smallest absolute Gasteiger partial charge is 0.0649 e. The highest BCUT2D eigenvalue weighted by atomic mass is 16.3. The first-order chi connectivity index (χ1) is 9.76. The van der Waals surface area contributed by atoms with Gasteiger partial charge < -0.3 is 10.4 Å². The molecule has 1 saturated carbocycles. The molecule has 1 aliphatic carbocycles. The Morgan fingerprint density at radius 2 is 1.95 bits per heavy atom. The molecule has 1 fully saturated rings. The summed E-state index contributed by atoms with van der Waals surface area (Å²) in [7, 11) is 1.98. The van der Waals surface area contributed by atoms with Gasteiger partial charge in [0.25, 0.3) is 0 Å². The summed E-state index contributed by atoms with van der Waals surface area (Å²) in [6.07, 6.45) is 4.07. The molecule has 0 saturated heterocycles. The summed E-state index contributed by atoms with van der Waals surface area (Å²) in [4.78, 5) is 0. The zero-order chi connectivity index (χ0) is 14.0. The normalized spacial score (nSPS) is 26.8. The minimum atomic E-state index is -0.245. The molecule has 0 heterocycles. The maximum absolute atomic E-state index is 10.6. The van der Waals surface area contributed by atoms with Crippen LogP contribution in [0.3, 0.4) is 0 Å². The van der Waals surface area contributed by atoms with Crippen molar-refractivity contribution < 1.29 is 5.11 Å². The molecule has 2 aromatic rings. The highest BCUT2D eigenvalue weighted by molar-refractivity contribution is 5.83. The van der Waals surface area contributed by atoms with Gasteiger partial charge >= 0.3 is 0 Å². The predicted octanol–water partition coefficient (Wildman–Crippen LogP) is 3.23. The fraction of sp³-hybridized carbons (Fsp3) is 0.444. The highest BCUT2D eigenvalue weighted by Gasteiger charge is 2.40. The lowest BCUT2D eigenvalue weighted by Crippen LogP contribution is -2.48. The number of aliphatic hydroxyl groups is 1. The Labute approximate surface area is 120 Å². The van der Waals surface area contributed by atoms with Crippen molar-refractivity contribution in [3.63, 3.8) is 0 Å². The average molecular weight is 269 g/mol. The molecule has 0 amide bonds. The number of rotatable bonds is 3. The lowest BCUT2D eigenvalue weighted by Gasteiger charge is -2.42. The standard InChI is InChI=1S/C18H23NO/c1-19-13-18(11-5-4-8-17(18)20)16-10-9-14-6-2-3-7-15(14)12-16/h2-3,6-7,9-10,12,17,19-20H,4-5,8,11,13H2,1H3/t17-,18-/m0/s1. The van der Waals surface area contributed by atoms with Gasteiger partial charge in [-0.15, -0.1) is 0 Å². The Kier molecular flexibility index (Phi) is 3.77. The molecule has 0 spiro atoms. The summed E-state index contributed by atoms with van der Waals surface area (Å²) in [5.41, 5.74) is 1.15. The van der Waals surface area contributed by atoms with Crippen LogP contribution in [0.5, 0.6) is 0 Å². The van der Waals surface area contributed by atoms with E-state index in [2.05, 4.69) is 47.8 Å². The quantitative estimate of drug-likeness (QED) is 0.896. The number of nitrogens with one attached hydrogen (secondary N) is 1. The Morgan fingerprint density at radius 1 is 1.15 bits per heavy atom. The molecular weight excluding hydrogens is 246 g/mol. The molecule has 1 aliphatic rings. The van der Waals surface area contributed by atoms with Crippen LogP contribution in [0, 0.1) is 0 Å². The number of hydrogen-bond acceptors (Lipinski definition) is 2. The molecule has 20 heavy (non-hydrogen) atoms. The van der Waals surface area contributed by atoms with Gasteiger partial charge in [0.15, 0.2) is 0 Å². The number of aliphatic hydroxyl groups excluding tert-OH is 1. The van der Waals surface area contributed by atoms with Gasteiger partial charge in [-0.2, -0.15) is 0 Å². The second kappa shape index (κ2) is 5.55. The van der Waals surface area contributed by atoms with E-state index in [0.29, 0.717) is 0 Å². The van der Waals surface area contributed by atoms with Gasteiger partial charge in [-0.05, 0) is 36.2 Å². The van der Waals surface area contributed by atoms with E-state index in [-0.39, 0.29) is 11.5 Å². The van der Waals surface area contributed by atoms with Crippen molar-refractivity contribution in [1.82, 2.24) is 5.32 Å². The predicted molar refractivity (Wildman–Crippen MR) is 84.0 cm³/mol. The summed E-state index contributed by atoms with van der Waals surface area (Å²) in [5, 5.41) is 16.5. The van der Waals surface area contributed by atoms with Crippen molar-refractivity contribution in [1.29, 1.82) is 0 Å². The maximum Gasteiger partial charge on any atom is 0.0649 e. The first kappa shape index (κ1) is 13.6. The fourth-order valence-corrected chi connectivity index (χ4v) is 3.68. The third kappa shape index (κ3) is 2.23. The van der Waals surface area contributed by atoms with Crippen LogP contribution in [0.25, 0.3) is 10.8 Å². The van der Waals surface area contributed by atoms with E-state index in [9.17, 15) is 5.11 Å². The van der Waals surface area contributed by atoms with Crippen molar-refractivity contribution in [3.8, 4) is 0 Å². The Morgan fingerprint density at radius 3 is 2.70 bits per heavy atom. The molecule has 2 heteroatoms. The third-order valence-corrected chi connectivity index (χ3v) is 4.80. The van der Waals surface area contributed by atoms with Crippen LogP contribution in [0.1, 0.15) is 31.2 Å². The van der Waals surface area contributed by atoms with E-state index in [1.54, 1.807) is 0 Å². The van der Waals surface area contributed by atoms with Crippen LogP contribution in [0.2, 0.25) is 0 Å². The topological polar surface area (TPSA) is 32.3 Å². The van der Waals surface area contributed by atoms with Crippen LogP contribution in [0.15, 0.2) is 42.5 Å². The molecule has 0 aliphatic heterocycles. The minimum Gasteiger partial charge on any atom is -0.392 e. The summed E-state index contributed by atoms with van der Waals surface area (Å²) in [5.74, 6) is 0. The number of fused-ring (bicyclic) bond motifs is 1. The van der Waals surface area contributed by atoms with Crippen molar-refractivity contribution in [2.75, 3.05) is 13.6 Å². The van der Waals surface area contributed by atoms with Crippen LogP contribution < -0.4 is 5.32 Å². The van der Waals surface area contributed by atoms with Gasteiger partial charge in [0.2, 0.25) is 0 Å². The van der Waals surface area contributed by atoms with Crippen LogP contribution in [-0.4, -0.2) is 24.8 Å². The largest absolute Gasteiger partial charge is 0.392 e. The molecule has 3 rings (SSSR count). The van der Waals surface area contributed by atoms with Gasteiger partial charge in [0.1, 0.15) is 0 Å². The van der Waals surface area contributed by atoms with Crippen LogP contribution in [0.4, 0.5) is 0 Å². The van der Waals surface area contributed by atoms with E-state index < -0.39 is 0 Å². The molecular formula is C18H23NO. The lowest BCUT2D eigenvalue weighted by atomic mass is 9.67. The van der Waals surface area contributed by atoms with Crippen LogP contribution in [-0.2, 0) is 5.41 Å². The van der Waals surface area contributed by atoms with Crippen LogP contribution >= 0.6 is 0 Å². The molecule has 2 nitrogen and oxygen atoms in total. The highest BCUT2D eigenvalue weighted by Crippen LogP contribution is 2.40. The Bertz CT molecular complexity index is 591. The molecule has 0 unspecified atom stereocenters. The third-order valence-electron chi connectivity index (χ3n) is 4.80. The van der Waals surface area contributed by atoms with Crippen molar-refractivity contribution in [2.24, 2.45) is 0 Å². The van der Waals surface area contributed by atoms with Gasteiger partial charge in [0.05, 0.1) is 6.10 Å². The molecule has 0 radical (unpaired) electrons. The number of likely N-dealkylation sites (N-methyl/N-ethyl adjacent to an activating group) is 1. The van der Waals surface area contributed by atoms with Gasteiger partial charge in [-0.1, -0.05) is 55.3 Å². The minimum absolute atomic E-state index is 0.128. The number of hydrogen-bond donors (Lipinski definition) is 2. The van der Waals surface area contributed by atoms with Crippen molar-refractivity contribution in [3.05, 3.63) is 48.0 Å². The second-order valence-corrected chi connectivity index (χ2v) is 6.01. The first-order valence-electron chi connectivity index (χ1n) is 7.58. The molecule has 2 atom stereocenters. The monoisotopic (exact) mass is 269 g/mol. The fourth-order valence-electron chi connectivity index (χ4n) is 3.68. The van der Waals surface area contributed by atoms with E-state index in [0.717, 1.165) is 25.8 Å². The van der Waals surface area contributed by atoms with Crippen molar-refractivity contribution >= 4 is 10.8 Å². The molecule has 0 bridgehead atoms. The Balaban J connectivity index is 2.08. The van der Waals surface area contributed by atoms with Gasteiger partial charge in [-0.25, -0.2) is 0 Å². The number of benzene rings is 2.